The predicted octanol–water partition coefficient (Wildman–Crippen LogP) is 13.1. The lowest BCUT2D eigenvalue weighted by molar-refractivity contribution is -0.379. The van der Waals surface area contributed by atoms with Crippen molar-refractivity contribution in [3.63, 3.8) is 0 Å². The van der Waals surface area contributed by atoms with Crippen LogP contribution in [0.3, 0.4) is 0 Å². The molecule has 1 amide bonds. The number of carbonyl (C=O) groups excluding carboxylic acids is 1. The summed E-state index contributed by atoms with van der Waals surface area (Å²) in [5.74, 6) is -0.283. The highest BCUT2D eigenvalue weighted by molar-refractivity contribution is 5.76. The molecule has 12 N–H and O–H groups in total. The molecule has 0 saturated carbocycles. The van der Waals surface area contributed by atoms with E-state index in [1.807, 2.05) is 6.08 Å². The van der Waals surface area contributed by atoms with E-state index in [9.17, 15) is 61.0 Å². The fourth-order valence-electron chi connectivity index (χ4n) is 13.7. The van der Waals surface area contributed by atoms with Crippen molar-refractivity contribution >= 4 is 5.91 Å². The van der Waals surface area contributed by atoms with Crippen LogP contribution in [-0.4, -0.2) is 193 Å². The summed E-state index contributed by atoms with van der Waals surface area (Å²) in [5.41, 5.74) is 0. The van der Waals surface area contributed by atoms with E-state index in [0.29, 0.717) is 12.8 Å². The van der Waals surface area contributed by atoms with Gasteiger partial charge in [-0.1, -0.05) is 314 Å². The molecule has 0 aliphatic carbocycles. The molecule has 19 heteroatoms. The maximum absolute atomic E-state index is 13.5. The summed E-state index contributed by atoms with van der Waals surface area (Å²) in [4.78, 5) is 13.5. The highest BCUT2D eigenvalue weighted by Gasteiger charge is 2.54. The number of aliphatic hydroxyl groups excluding tert-OH is 11. The summed E-state index contributed by atoms with van der Waals surface area (Å²) in [6.07, 6.45) is 47.2. The first-order valence-electron chi connectivity index (χ1n) is 40.2. The highest BCUT2D eigenvalue weighted by atomic mass is 16.8. The van der Waals surface area contributed by atoms with Crippen LogP contribution in [0.4, 0.5) is 0 Å². The van der Waals surface area contributed by atoms with E-state index < -0.39 is 124 Å². The van der Waals surface area contributed by atoms with Gasteiger partial charge in [0.05, 0.1) is 38.6 Å². The molecule has 0 aromatic heterocycles. The summed E-state index contributed by atoms with van der Waals surface area (Å²) in [6, 6.07) is -0.996. The molecule has 0 aromatic carbocycles. The minimum Gasteiger partial charge on any atom is -0.394 e. The smallest absolute Gasteiger partial charge is 0.220 e. The van der Waals surface area contributed by atoms with Crippen LogP contribution in [-0.2, 0) is 33.2 Å². The van der Waals surface area contributed by atoms with Crippen LogP contribution >= 0.6 is 0 Å². The molecule has 3 heterocycles. The van der Waals surface area contributed by atoms with Gasteiger partial charge in [0.25, 0.3) is 0 Å². The Hall–Kier alpha value is -1.99. The first kappa shape index (κ1) is 90.2. The zero-order chi connectivity index (χ0) is 71.1. The van der Waals surface area contributed by atoms with Crippen molar-refractivity contribution in [2.45, 2.75) is 433 Å². The molecule has 3 aliphatic heterocycles. The Labute approximate surface area is 593 Å². The fraction of sp³-hybridized carbons (Fsp3) is 0.911. The van der Waals surface area contributed by atoms with Crippen molar-refractivity contribution < 1.29 is 89.4 Å². The van der Waals surface area contributed by atoms with Crippen molar-refractivity contribution in [2.75, 3.05) is 26.4 Å². The number of nitrogens with one attached hydrogen (secondary N) is 1. The van der Waals surface area contributed by atoms with Crippen LogP contribution in [0.15, 0.2) is 36.5 Å². The summed E-state index contributed by atoms with van der Waals surface area (Å²) in [6.45, 7) is 1.76. The van der Waals surface area contributed by atoms with Crippen molar-refractivity contribution in [3.05, 3.63) is 36.5 Å². The molecule has 3 aliphatic rings. The molecule has 19 nitrogen and oxygen atoms in total. The zero-order valence-corrected chi connectivity index (χ0v) is 61.5. The van der Waals surface area contributed by atoms with Gasteiger partial charge in [0.15, 0.2) is 18.9 Å². The molecule has 3 fully saturated rings. The minimum atomic E-state index is -1.98. The fourth-order valence-corrected chi connectivity index (χ4v) is 13.7. The van der Waals surface area contributed by atoms with Crippen LogP contribution in [0.2, 0.25) is 0 Å². The number of amides is 1. The quantitative estimate of drug-likeness (QED) is 0.0199. The third-order valence-corrected chi connectivity index (χ3v) is 20.2. The molecule has 0 bridgehead atoms. The van der Waals surface area contributed by atoms with Gasteiger partial charge in [0.1, 0.15) is 73.2 Å². The van der Waals surface area contributed by atoms with Crippen molar-refractivity contribution in [1.82, 2.24) is 5.32 Å². The molecule has 98 heavy (non-hydrogen) atoms. The lowest BCUT2D eigenvalue weighted by Gasteiger charge is -2.48. The molecule has 0 aromatic rings. The van der Waals surface area contributed by atoms with E-state index in [2.05, 4.69) is 43.5 Å². The molecular weight excluding hydrogens is 1250 g/mol. The first-order chi connectivity index (χ1) is 47.8. The molecule has 3 rings (SSSR count). The number of ether oxygens (including phenoxy) is 6. The lowest BCUT2D eigenvalue weighted by Crippen LogP contribution is -2.66. The Bertz CT molecular complexity index is 1910. The minimum absolute atomic E-state index is 0.236. The van der Waals surface area contributed by atoms with Crippen molar-refractivity contribution in [3.8, 4) is 0 Å². The molecule has 17 unspecified atom stereocenters. The van der Waals surface area contributed by atoms with Gasteiger partial charge in [-0.3, -0.25) is 4.79 Å². The van der Waals surface area contributed by atoms with E-state index in [-0.39, 0.29) is 18.9 Å². The second-order valence-electron chi connectivity index (χ2n) is 28.9. The van der Waals surface area contributed by atoms with Gasteiger partial charge in [-0.2, -0.15) is 0 Å². The second-order valence-corrected chi connectivity index (χ2v) is 28.9. The third-order valence-electron chi connectivity index (χ3n) is 20.2. The van der Waals surface area contributed by atoms with Gasteiger partial charge in [-0.15, -0.1) is 0 Å². The first-order valence-corrected chi connectivity index (χ1v) is 40.2. The average molecular weight is 1400 g/mol. The van der Waals surface area contributed by atoms with Crippen LogP contribution in [0, 0.1) is 0 Å². The summed E-state index contributed by atoms with van der Waals surface area (Å²) in [7, 11) is 0. The van der Waals surface area contributed by atoms with Gasteiger partial charge in [0.2, 0.25) is 5.91 Å². The second kappa shape index (κ2) is 60.3. The molecule has 17 atom stereocenters. The Morgan fingerprint density at radius 1 is 0.357 bits per heavy atom. The normalized spacial score (nSPS) is 26.9. The number of unbranched alkanes of at least 4 members (excludes halogenated alkanes) is 44. The molecule has 3 saturated heterocycles. The van der Waals surface area contributed by atoms with Crippen molar-refractivity contribution in [1.29, 1.82) is 0 Å². The van der Waals surface area contributed by atoms with Gasteiger partial charge < -0.3 is 89.9 Å². The van der Waals surface area contributed by atoms with Crippen LogP contribution in [0.1, 0.15) is 328 Å². The predicted molar refractivity (Wildman–Crippen MR) is 388 cm³/mol. The van der Waals surface area contributed by atoms with Gasteiger partial charge >= 0.3 is 0 Å². The standard InChI is InChI=1S/C79H147NO18/c1-3-5-7-9-11-13-15-17-19-21-23-25-27-28-29-30-31-32-33-34-35-37-39-41-43-45-47-49-51-53-55-57-67(85)80-62(63(84)56-54-52-50-48-46-44-42-40-38-36-26-24-22-20-18-16-14-12-10-8-6-4-2)61-93-77-73(91)70(88)75(65(59-82)95-77)98-79-74(92)71(89)76(66(60-83)96-79)97-78-72(90)69(87)68(86)64(58-81)94-78/h38,40,46,48,54,56,62-66,68-79,81-84,86-92H,3-37,39,41-45,47,49-53,55,57-61H2,1-2H3,(H,80,85)/b40-38+,48-46+,56-54+. The maximum atomic E-state index is 13.5. The Balaban J connectivity index is 1.38. The third kappa shape index (κ3) is 40.3. The van der Waals surface area contributed by atoms with E-state index in [1.165, 1.54) is 250 Å². The highest BCUT2D eigenvalue weighted by Crippen LogP contribution is 2.33. The number of hydrogen-bond donors (Lipinski definition) is 12. The summed E-state index contributed by atoms with van der Waals surface area (Å²) >= 11 is 0. The van der Waals surface area contributed by atoms with E-state index in [4.69, 9.17) is 28.4 Å². The zero-order valence-electron chi connectivity index (χ0n) is 61.5. The van der Waals surface area contributed by atoms with Crippen molar-refractivity contribution in [2.24, 2.45) is 0 Å². The topological polar surface area (TPSA) is 307 Å². The number of rotatable bonds is 64. The SMILES string of the molecule is CCCCCCCCCCCCCC/C=C/CC/C=C/CC/C=C/C(O)C(COC1OC(CO)C(OC2OC(CO)C(OC3OC(CO)C(O)C(O)C3O)C(O)C2O)C(O)C1O)NC(=O)CCCCCCCCCCCCCCCCCCCCCCCCCCCCCCCCC. The van der Waals surface area contributed by atoms with Gasteiger partial charge in [-0.25, -0.2) is 0 Å². The Morgan fingerprint density at radius 3 is 1.02 bits per heavy atom. The average Bonchev–Trinajstić information content (AvgIpc) is 0.785. The number of carbonyl (C=O) groups is 1. The summed E-state index contributed by atoms with van der Waals surface area (Å²) in [5, 5.41) is 121. The van der Waals surface area contributed by atoms with Gasteiger partial charge in [-0.05, 0) is 44.9 Å². The monoisotopic (exact) mass is 1400 g/mol. The Kier molecular flexibility index (Phi) is 55.5. The number of allylic oxidation sites excluding steroid dienone is 5. The maximum Gasteiger partial charge on any atom is 0.220 e. The van der Waals surface area contributed by atoms with Crippen LogP contribution < -0.4 is 5.32 Å². The van der Waals surface area contributed by atoms with E-state index in [0.717, 1.165) is 44.9 Å². The molecule has 576 valence electrons. The molecule has 0 radical (unpaired) electrons. The lowest BCUT2D eigenvalue weighted by atomic mass is 9.96. The van der Waals surface area contributed by atoms with Crippen LogP contribution in [0.5, 0.6) is 0 Å². The number of aliphatic hydroxyl groups is 11. The number of hydrogen-bond acceptors (Lipinski definition) is 18. The van der Waals surface area contributed by atoms with Gasteiger partial charge in [0, 0.05) is 6.42 Å². The van der Waals surface area contributed by atoms with E-state index >= 15 is 0 Å². The summed E-state index contributed by atoms with van der Waals surface area (Å²) < 4.78 is 34.4. The molecule has 0 spiro atoms. The Morgan fingerprint density at radius 2 is 0.653 bits per heavy atom. The molecular formula is C79H147NO18. The van der Waals surface area contributed by atoms with Crippen LogP contribution in [0.25, 0.3) is 0 Å². The van der Waals surface area contributed by atoms with E-state index in [1.54, 1.807) is 6.08 Å². The largest absolute Gasteiger partial charge is 0.394 e.